The average molecular weight is 299 g/mol. The van der Waals surface area contributed by atoms with Crippen molar-refractivity contribution >= 4 is 40.2 Å². The van der Waals surface area contributed by atoms with Gasteiger partial charge < -0.3 is 9.72 Å². The number of nitrogens with one attached hydrogen (secondary N) is 1. The van der Waals surface area contributed by atoms with Crippen LogP contribution in [0.3, 0.4) is 0 Å². The van der Waals surface area contributed by atoms with E-state index in [0.717, 1.165) is 0 Å². The van der Waals surface area contributed by atoms with Gasteiger partial charge >= 0.3 is 5.97 Å². The van der Waals surface area contributed by atoms with Crippen LogP contribution in [0.25, 0.3) is 10.9 Å². The van der Waals surface area contributed by atoms with Crippen molar-refractivity contribution in [1.82, 2.24) is 9.97 Å². The normalized spacial score (nSPS) is 10.6. The fourth-order valence-electron chi connectivity index (χ4n) is 1.52. The summed E-state index contributed by atoms with van der Waals surface area (Å²) in [4.78, 5) is 29.8. The maximum absolute atomic E-state index is 11.8. The second-order valence-corrected chi connectivity index (χ2v) is 5.17. The molecular weight excluding hydrogens is 288 g/mol. The highest BCUT2D eigenvalue weighted by atomic mass is 35.5. The molecule has 0 saturated heterocycles. The van der Waals surface area contributed by atoms with Crippen molar-refractivity contribution < 1.29 is 9.53 Å². The number of carbonyl (C=O) groups excluding carboxylic acids is 1. The summed E-state index contributed by atoms with van der Waals surface area (Å²) in [7, 11) is 1.33. The molecule has 2 aromatic rings. The molecule has 1 heterocycles. The zero-order chi connectivity index (χ0) is 13.8. The molecule has 0 radical (unpaired) electrons. The minimum Gasteiger partial charge on any atom is -0.468 e. The number of esters is 1. The zero-order valence-corrected chi connectivity index (χ0v) is 11.7. The molecular formula is C12H11ClN2O3S. The lowest BCUT2D eigenvalue weighted by Crippen LogP contribution is -2.12. The van der Waals surface area contributed by atoms with Gasteiger partial charge in [-0.25, -0.2) is 4.98 Å². The van der Waals surface area contributed by atoms with Crippen LogP contribution in [0.15, 0.2) is 23.0 Å². The molecule has 1 aromatic carbocycles. The Morgan fingerprint density at radius 3 is 3.05 bits per heavy atom. The average Bonchev–Trinajstić information content (AvgIpc) is 2.38. The van der Waals surface area contributed by atoms with Crippen LogP contribution in [0, 0.1) is 0 Å². The second kappa shape index (κ2) is 6.08. The van der Waals surface area contributed by atoms with Gasteiger partial charge in [-0.2, -0.15) is 0 Å². The first-order valence-electron chi connectivity index (χ1n) is 5.43. The molecule has 0 aliphatic carbocycles. The molecule has 0 unspecified atom stereocenters. The van der Waals surface area contributed by atoms with E-state index in [1.807, 2.05) is 0 Å². The van der Waals surface area contributed by atoms with Crippen molar-refractivity contribution in [2.45, 2.75) is 5.75 Å². The number of thioether (sulfide) groups is 1. The third-order valence-electron chi connectivity index (χ3n) is 2.40. The minimum atomic E-state index is -0.309. The summed E-state index contributed by atoms with van der Waals surface area (Å²) in [5.74, 6) is 0.838. The lowest BCUT2D eigenvalue weighted by Gasteiger charge is -2.03. The highest BCUT2D eigenvalue weighted by molar-refractivity contribution is 7.99. The van der Waals surface area contributed by atoms with E-state index in [-0.39, 0.29) is 17.3 Å². The van der Waals surface area contributed by atoms with E-state index in [2.05, 4.69) is 14.7 Å². The molecule has 0 spiro atoms. The Morgan fingerprint density at radius 2 is 2.32 bits per heavy atom. The molecule has 0 bridgehead atoms. The number of rotatable bonds is 4. The molecule has 2 rings (SSSR count). The summed E-state index contributed by atoms with van der Waals surface area (Å²) in [5.41, 5.74) is 0.334. The van der Waals surface area contributed by atoms with E-state index in [1.165, 1.54) is 18.9 Å². The molecule has 0 saturated carbocycles. The maximum atomic E-state index is 11.8. The van der Waals surface area contributed by atoms with E-state index in [4.69, 9.17) is 11.6 Å². The Labute approximate surface area is 118 Å². The molecule has 1 N–H and O–H groups in total. The molecule has 0 fully saturated rings. The molecule has 0 amide bonds. The van der Waals surface area contributed by atoms with E-state index >= 15 is 0 Å². The fraction of sp³-hybridized carbons (Fsp3) is 0.250. The number of halogens is 1. The SMILES string of the molecule is COC(=O)CSCc1nc2cc(Cl)ccc2c(=O)[nH]1. The summed E-state index contributed by atoms with van der Waals surface area (Å²) < 4.78 is 4.53. The smallest absolute Gasteiger partial charge is 0.315 e. The standard InChI is InChI=1S/C12H11ClN2O3S/c1-18-11(16)6-19-5-10-14-9-4-7(13)2-3-8(9)12(17)15-10/h2-4H,5-6H2,1H3,(H,14,15,17). The molecule has 0 aliphatic heterocycles. The minimum absolute atomic E-state index is 0.213. The summed E-state index contributed by atoms with van der Waals surface area (Å²) >= 11 is 7.19. The Bertz CT molecular complexity index is 672. The van der Waals surface area contributed by atoms with Gasteiger partial charge in [0.15, 0.2) is 0 Å². The number of aromatic amines is 1. The number of aromatic nitrogens is 2. The van der Waals surface area contributed by atoms with Gasteiger partial charge in [0.1, 0.15) is 5.82 Å². The summed E-state index contributed by atoms with van der Waals surface area (Å²) in [6.07, 6.45) is 0. The van der Waals surface area contributed by atoms with Crippen LogP contribution in [-0.4, -0.2) is 28.8 Å². The van der Waals surface area contributed by atoms with Crippen LogP contribution >= 0.6 is 23.4 Å². The third-order valence-corrected chi connectivity index (χ3v) is 3.56. The second-order valence-electron chi connectivity index (χ2n) is 3.74. The van der Waals surface area contributed by atoms with Gasteiger partial charge in [-0.3, -0.25) is 9.59 Å². The lowest BCUT2D eigenvalue weighted by atomic mass is 10.2. The van der Waals surface area contributed by atoms with Crippen LogP contribution in [-0.2, 0) is 15.3 Å². The van der Waals surface area contributed by atoms with Crippen LogP contribution in [0.1, 0.15) is 5.82 Å². The van der Waals surface area contributed by atoms with Gasteiger partial charge in [0, 0.05) is 5.02 Å². The maximum Gasteiger partial charge on any atom is 0.315 e. The Kier molecular flexibility index (Phi) is 4.44. The Morgan fingerprint density at radius 1 is 1.53 bits per heavy atom. The van der Waals surface area contributed by atoms with Crippen LogP contribution in [0.2, 0.25) is 5.02 Å². The van der Waals surface area contributed by atoms with E-state index in [0.29, 0.717) is 27.5 Å². The predicted octanol–water partition coefficient (Wildman–Crippen LogP) is 1.98. The first-order valence-corrected chi connectivity index (χ1v) is 6.96. The van der Waals surface area contributed by atoms with Crippen LogP contribution < -0.4 is 5.56 Å². The van der Waals surface area contributed by atoms with Gasteiger partial charge in [0.05, 0.1) is 29.5 Å². The van der Waals surface area contributed by atoms with Gasteiger partial charge in [0.2, 0.25) is 0 Å². The molecule has 7 heteroatoms. The first kappa shape index (κ1) is 13.9. The number of ether oxygens (including phenoxy) is 1. The topological polar surface area (TPSA) is 72.0 Å². The predicted molar refractivity (Wildman–Crippen MR) is 75.6 cm³/mol. The van der Waals surface area contributed by atoms with Crippen LogP contribution in [0.4, 0.5) is 0 Å². The highest BCUT2D eigenvalue weighted by Crippen LogP contribution is 2.16. The number of benzene rings is 1. The Hall–Kier alpha value is -1.53. The molecule has 5 nitrogen and oxygen atoms in total. The molecule has 19 heavy (non-hydrogen) atoms. The summed E-state index contributed by atoms with van der Waals surface area (Å²) in [5, 5.41) is 1.02. The van der Waals surface area contributed by atoms with Gasteiger partial charge in [0.25, 0.3) is 5.56 Å². The van der Waals surface area contributed by atoms with Crippen molar-refractivity contribution in [3.8, 4) is 0 Å². The highest BCUT2D eigenvalue weighted by Gasteiger charge is 2.06. The van der Waals surface area contributed by atoms with Gasteiger partial charge in [-0.05, 0) is 18.2 Å². The van der Waals surface area contributed by atoms with Crippen molar-refractivity contribution in [3.05, 3.63) is 39.4 Å². The number of carbonyl (C=O) groups is 1. The first-order chi connectivity index (χ1) is 9.10. The third kappa shape index (κ3) is 3.48. The largest absolute Gasteiger partial charge is 0.468 e. The number of methoxy groups -OCH3 is 1. The van der Waals surface area contributed by atoms with Gasteiger partial charge in [-0.15, -0.1) is 11.8 Å². The van der Waals surface area contributed by atoms with Crippen molar-refractivity contribution in [2.24, 2.45) is 0 Å². The number of H-pyrrole nitrogens is 1. The lowest BCUT2D eigenvalue weighted by molar-refractivity contribution is -0.137. The number of hydrogen-bond acceptors (Lipinski definition) is 5. The van der Waals surface area contributed by atoms with Gasteiger partial charge in [-0.1, -0.05) is 11.6 Å². The van der Waals surface area contributed by atoms with E-state index in [9.17, 15) is 9.59 Å². The molecule has 1 aromatic heterocycles. The monoisotopic (exact) mass is 298 g/mol. The Balaban J connectivity index is 2.20. The van der Waals surface area contributed by atoms with Crippen molar-refractivity contribution in [2.75, 3.05) is 12.9 Å². The molecule has 100 valence electrons. The molecule has 0 atom stereocenters. The van der Waals surface area contributed by atoms with Crippen LogP contribution in [0.5, 0.6) is 0 Å². The quantitative estimate of drug-likeness (QED) is 0.874. The fourth-order valence-corrected chi connectivity index (χ4v) is 2.40. The number of nitrogens with zero attached hydrogens (tertiary/aromatic N) is 1. The van der Waals surface area contributed by atoms with Crippen molar-refractivity contribution in [3.63, 3.8) is 0 Å². The van der Waals surface area contributed by atoms with E-state index < -0.39 is 0 Å². The zero-order valence-electron chi connectivity index (χ0n) is 10.1. The number of hydrogen-bond donors (Lipinski definition) is 1. The summed E-state index contributed by atoms with van der Waals surface area (Å²) in [6, 6.07) is 4.92. The summed E-state index contributed by atoms with van der Waals surface area (Å²) in [6.45, 7) is 0. The van der Waals surface area contributed by atoms with E-state index in [1.54, 1.807) is 18.2 Å². The van der Waals surface area contributed by atoms with Crippen molar-refractivity contribution in [1.29, 1.82) is 0 Å². The molecule has 0 aliphatic rings. The number of fused-ring (bicyclic) bond motifs is 1.